The molecule has 1 aliphatic rings. The van der Waals surface area contributed by atoms with Crippen molar-refractivity contribution in [1.29, 1.82) is 0 Å². The van der Waals surface area contributed by atoms with E-state index in [1.807, 2.05) is 13.8 Å². The molecule has 0 aliphatic carbocycles. The third kappa shape index (κ3) is 3.99. The van der Waals surface area contributed by atoms with Crippen molar-refractivity contribution in [3.05, 3.63) is 40.8 Å². The van der Waals surface area contributed by atoms with Gasteiger partial charge in [-0.15, -0.1) is 0 Å². The number of hydrogen-bond donors (Lipinski definition) is 1. The summed E-state index contributed by atoms with van der Waals surface area (Å²) in [5.41, 5.74) is 2.60. The number of aromatic nitrogens is 1. The first kappa shape index (κ1) is 18.3. The lowest BCUT2D eigenvalue weighted by molar-refractivity contribution is 0.0937. The van der Waals surface area contributed by atoms with Gasteiger partial charge in [-0.1, -0.05) is 5.16 Å². The molecule has 3 rings (SSSR count). The van der Waals surface area contributed by atoms with Crippen LogP contribution in [-0.2, 0) is 6.54 Å². The molecular weight excluding hydrogens is 334 g/mol. The first-order chi connectivity index (χ1) is 12.5. The van der Waals surface area contributed by atoms with Crippen LogP contribution in [0.1, 0.15) is 33.8 Å². The van der Waals surface area contributed by atoms with E-state index in [9.17, 15) is 4.79 Å². The number of carbonyl (C=O) groups excluding carboxylic acids is 1. The van der Waals surface area contributed by atoms with Crippen molar-refractivity contribution in [3.8, 4) is 11.5 Å². The van der Waals surface area contributed by atoms with Crippen LogP contribution in [0.2, 0.25) is 0 Å². The maximum Gasteiger partial charge on any atom is 0.251 e. The minimum absolute atomic E-state index is 0.111. The summed E-state index contributed by atoms with van der Waals surface area (Å²) < 4.78 is 15.7. The van der Waals surface area contributed by atoms with E-state index in [1.165, 1.54) is 0 Å². The molecule has 0 saturated carbocycles. The quantitative estimate of drug-likeness (QED) is 0.853. The van der Waals surface area contributed by atoms with Crippen molar-refractivity contribution in [2.24, 2.45) is 0 Å². The van der Waals surface area contributed by atoms with Crippen molar-refractivity contribution in [1.82, 2.24) is 15.4 Å². The zero-order valence-electron chi connectivity index (χ0n) is 15.7. The third-order valence-corrected chi connectivity index (χ3v) is 4.78. The number of amides is 1. The Morgan fingerprint density at radius 3 is 2.54 bits per heavy atom. The summed E-state index contributed by atoms with van der Waals surface area (Å²) in [6.07, 6.45) is 0.913. The monoisotopic (exact) mass is 359 g/mol. The lowest BCUT2D eigenvalue weighted by atomic mass is 10.1. The molecule has 7 nitrogen and oxygen atoms in total. The van der Waals surface area contributed by atoms with Crippen LogP contribution in [0.5, 0.6) is 11.5 Å². The molecular formula is C19H25N3O4. The van der Waals surface area contributed by atoms with Crippen molar-refractivity contribution < 1.29 is 18.8 Å². The van der Waals surface area contributed by atoms with E-state index in [2.05, 4.69) is 15.4 Å². The zero-order chi connectivity index (χ0) is 18.7. The number of aryl methyl sites for hydroxylation is 2. The molecule has 2 aromatic rings. The maximum atomic E-state index is 12.6. The Kier molecular flexibility index (Phi) is 5.46. The number of nitrogens with zero attached hydrogens (tertiary/aromatic N) is 2. The van der Waals surface area contributed by atoms with Crippen LogP contribution >= 0.6 is 0 Å². The topological polar surface area (TPSA) is 76.8 Å². The summed E-state index contributed by atoms with van der Waals surface area (Å²) in [6, 6.07) is 5.29. The fourth-order valence-corrected chi connectivity index (χ4v) is 3.25. The Hall–Kier alpha value is -2.54. The predicted octanol–water partition coefficient (Wildman–Crippen LogP) is 2.31. The summed E-state index contributed by atoms with van der Waals surface area (Å²) in [6.45, 7) is 6.41. The summed E-state index contributed by atoms with van der Waals surface area (Å²) in [7, 11) is 3.14. The second kappa shape index (κ2) is 7.78. The zero-order valence-corrected chi connectivity index (χ0v) is 15.7. The van der Waals surface area contributed by atoms with Crippen LogP contribution in [0.3, 0.4) is 0 Å². The summed E-state index contributed by atoms with van der Waals surface area (Å²) in [5, 5.41) is 7.11. The lowest BCUT2D eigenvalue weighted by Crippen LogP contribution is -2.37. The molecule has 1 aliphatic heterocycles. The fraction of sp³-hybridized carbons (Fsp3) is 0.474. The van der Waals surface area contributed by atoms with Crippen molar-refractivity contribution in [2.75, 3.05) is 27.3 Å². The Morgan fingerprint density at radius 2 is 1.96 bits per heavy atom. The van der Waals surface area contributed by atoms with Crippen LogP contribution in [0, 0.1) is 13.8 Å². The van der Waals surface area contributed by atoms with E-state index in [0.717, 1.165) is 43.1 Å². The second-order valence-electron chi connectivity index (χ2n) is 6.60. The number of benzene rings is 1. The maximum absolute atomic E-state index is 12.6. The second-order valence-corrected chi connectivity index (χ2v) is 6.60. The van der Waals surface area contributed by atoms with Gasteiger partial charge in [0, 0.05) is 42.9 Å². The van der Waals surface area contributed by atoms with Gasteiger partial charge >= 0.3 is 0 Å². The average molecular weight is 359 g/mol. The summed E-state index contributed by atoms with van der Waals surface area (Å²) in [4.78, 5) is 14.9. The highest BCUT2D eigenvalue weighted by Gasteiger charge is 2.26. The lowest BCUT2D eigenvalue weighted by Gasteiger charge is -2.17. The standard InChI is InChI=1S/C19H25N3O4/c1-12-18(13(2)26-21-12)11-22-6-5-15(10-22)20-19(23)14-7-16(24-3)9-17(8-14)25-4/h7-9,15H,5-6,10-11H2,1-4H3,(H,20,23). The van der Waals surface area contributed by atoms with Gasteiger partial charge in [0.15, 0.2) is 0 Å². The normalized spacial score (nSPS) is 17.3. The molecule has 0 radical (unpaired) electrons. The van der Waals surface area contributed by atoms with E-state index in [1.54, 1.807) is 32.4 Å². The molecule has 7 heteroatoms. The third-order valence-electron chi connectivity index (χ3n) is 4.78. The van der Waals surface area contributed by atoms with Gasteiger partial charge < -0.3 is 19.3 Å². The van der Waals surface area contributed by atoms with E-state index in [4.69, 9.17) is 14.0 Å². The Morgan fingerprint density at radius 1 is 1.27 bits per heavy atom. The predicted molar refractivity (Wildman–Crippen MR) is 96.7 cm³/mol. The van der Waals surface area contributed by atoms with E-state index >= 15 is 0 Å². The number of carbonyl (C=O) groups is 1. The molecule has 0 spiro atoms. The van der Waals surface area contributed by atoms with E-state index in [-0.39, 0.29) is 11.9 Å². The van der Waals surface area contributed by atoms with Crippen molar-refractivity contribution in [2.45, 2.75) is 32.9 Å². The first-order valence-electron chi connectivity index (χ1n) is 8.68. The number of likely N-dealkylation sites (tertiary alicyclic amines) is 1. The van der Waals surface area contributed by atoms with Gasteiger partial charge in [-0.05, 0) is 32.4 Å². The van der Waals surface area contributed by atoms with Crippen LogP contribution in [0.25, 0.3) is 0 Å². The number of ether oxygens (including phenoxy) is 2. The smallest absolute Gasteiger partial charge is 0.251 e. The molecule has 1 fully saturated rings. The molecule has 2 heterocycles. The van der Waals surface area contributed by atoms with Gasteiger partial charge in [0.2, 0.25) is 0 Å². The van der Waals surface area contributed by atoms with Crippen molar-refractivity contribution in [3.63, 3.8) is 0 Å². The van der Waals surface area contributed by atoms with Crippen molar-refractivity contribution >= 4 is 5.91 Å². The van der Waals surface area contributed by atoms with Crippen LogP contribution in [0.15, 0.2) is 22.7 Å². The molecule has 0 bridgehead atoms. The van der Waals surface area contributed by atoms with Gasteiger partial charge in [0.25, 0.3) is 5.91 Å². The highest BCUT2D eigenvalue weighted by molar-refractivity contribution is 5.95. The molecule has 1 saturated heterocycles. The van der Waals surface area contributed by atoms with Crippen LogP contribution in [0.4, 0.5) is 0 Å². The molecule has 140 valence electrons. The SMILES string of the molecule is COc1cc(OC)cc(C(=O)NC2CCN(Cc3c(C)noc3C)C2)c1. The van der Waals surface area contributed by atoms with Gasteiger partial charge in [0.1, 0.15) is 17.3 Å². The minimum atomic E-state index is -0.119. The number of nitrogens with one attached hydrogen (secondary N) is 1. The highest BCUT2D eigenvalue weighted by atomic mass is 16.5. The minimum Gasteiger partial charge on any atom is -0.497 e. The van der Waals surface area contributed by atoms with E-state index < -0.39 is 0 Å². The molecule has 1 aromatic heterocycles. The average Bonchev–Trinajstić information content (AvgIpc) is 3.22. The van der Waals surface area contributed by atoms with Gasteiger partial charge in [-0.25, -0.2) is 0 Å². The Balaban J connectivity index is 1.61. The largest absolute Gasteiger partial charge is 0.497 e. The summed E-state index contributed by atoms with van der Waals surface area (Å²) >= 11 is 0. The Labute approximate surface area is 153 Å². The fourth-order valence-electron chi connectivity index (χ4n) is 3.25. The number of rotatable bonds is 6. The molecule has 26 heavy (non-hydrogen) atoms. The molecule has 1 atom stereocenters. The molecule has 1 aromatic carbocycles. The number of hydrogen-bond acceptors (Lipinski definition) is 6. The molecule has 1 amide bonds. The van der Waals surface area contributed by atoms with Crippen LogP contribution < -0.4 is 14.8 Å². The highest BCUT2D eigenvalue weighted by Crippen LogP contribution is 2.23. The first-order valence-corrected chi connectivity index (χ1v) is 8.68. The van der Waals surface area contributed by atoms with Crippen LogP contribution in [-0.4, -0.2) is 49.3 Å². The van der Waals surface area contributed by atoms with E-state index in [0.29, 0.717) is 17.1 Å². The summed E-state index contributed by atoms with van der Waals surface area (Å²) in [5.74, 6) is 1.94. The van der Waals surface area contributed by atoms with Gasteiger partial charge in [-0.2, -0.15) is 0 Å². The molecule has 1 N–H and O–H groups in total. The van der Waals surface area contributed by atoms with Gasteiger partial charge in [0.05, 0.1) is 19.9 Å². The number of methoxy groups -OCH3 is 2. The van der Waals surface area contributed by atoms with Gasteiger partial charge in [-0.3, -0.25) is 9.69 Å². The molecule has 1 unspecified atom stereocenters. The Bertz CT molecular complexity index is 745.